The number of hydrogen-bond acceptors (Lipinski definition) is 2. The topological polar surface area (TPSA) is 32.3 Å². The van der Waals surface area contributed by atoms with Crippen molar-refractivity contribution in [2.75, 3.05) is 6.54 Å². The molecule has 3 unspecified atom stereocenters. The molecule has 2 heteroatoms. The molecule has 1 rings (SSSR count). The van der Waals surface area contributed by atoms with E-state index in [-0.39, 0.29) is 11.6 Å². The molecule has 90 valence electrons. The van der Waals surface area contributed by atoms with E-state index in [0.29, 0.717) is 0 Å². The predicted octanol–water partition coefficient (Wildman–Crippen LogP) is 2.56. The van der Waals surface area contributed by atoms with E-state index in [9.17, 15) is 5.11 Å². The van der Waals surface area contributed by atoms with E-state index in [2.05, 4.69) is 26.1 Å². The predicted molar refractivity (Wildman–Crippen MR) is 64.9 cm³/mol. The van der Waals surface area contributed by atoms with E-state index in [0.717, 1.165) is 18.4 Å². The van der Waals surface area contributed by atoms with Crippen LogP contribution in [0.25, 0.3) is 0 Å². The quantitative estimate of drug-likeness (QED) is 0.752. The normalized spacial score (nSPS) is 30.2. The van der Waals surface area contributed by atoms with Gasteiger partial charge in [0.15, 0.2) is 0 Å². The fourth-order valence-electron chi connectivity index (χ4n) is 2.30. The Bertz CT molecular complexity index is 189. The van der Waals surface area contributed by atoms with E-state index >= 15 is 0 Å². The molecule has 15 heavy (non-hydrogen) atoms. The van der Waals surface area contributed by atoms with Gasteiger partial charge in [0.1, 0.15) is 0 Å². The number of hydrogen-bond donors (Lipinski definition) is 2. The minimum Gasteiger partial charge on any atom is -0.392 e. The number of aliphatic hydroxyl groups excluding tert-OH is 1. The lowest BCUT2D eigenvalue weighted by atomic mass is 9.82. The first-order chi connectivity index (χ1) is 6.92. The van der Waals surface area contributed by atoms with Gasteiger partial charge in [0, 0.05) is 5.54 Å². The second kappa shape index (κ2) is 5.31. The summed E-state index contributed by atoms with van der Waals surface area (Å²) in [6.07, 6.45) is 5.19. The molecule has 0 aliphatic heterocycles. The molecular formula is C13H27NO. The summed E-state index contributed by atoms with van der Waals surface area (Å²) in [5, 5.41) is 13.1. The number of aliphatic hydroxyl groups is 1. The van der Waals surface area contributed by atoms with Crippen LogP contribution in [-0.4, -0.2) is 23.3 Å². The smallest absolute Gasteiger partial charge is 0.0688 e. The zero-order valence-electron chi connectivity index (χ0n) is 10.7. The third kappa shape index (κ3) is 4.12. The summed E-state index contributed by atoms with van der Waals surface area (Å²) < 4.78 is 0. The molecule has 0 saturated heterocycles. The third-order valence-electron chi connectivity index (χ3n) is 3.94. The Labute approximate surface area is 94.5 Å². The van der Waals surface area contributed by atoms with Gasteiger partial charge in [-0.3, -0.25) is 0 Å². The van der Waals surface area contributed by atoms with Crippen LogP contribution in [0.2, 0.25) is 0 Å². The van der Waals surface area contributed by atoms with E-state index in [1.165, 1.54) is 25.7 Å². The SMILES string of the molecule is CC1CCCC(CNC(C)(C)C(C)O)C1. The molecule has 1 saturated carbocycles. The van der Waals surface area contributed by atoms with Crippen molar-refractivity contribution < 1.29 is 5.11 Å². The van der Waals surface area contributed by atoms with Gasteiger partial charge in [0.25, 0.3) is 0 Å². The van der Waals surface area contributed by atoms with Gasteiger partial charge in [-0.2, -0.15) is 0 Å². The van der Waals surface area contributed by atoms with Gasteiger partial charge >= 0.3 is 0 Å². The van der Waals surface area contributed by atoms with Gasteiger partial charge in [0.2, 0.25) is 0 Å². The zero-order valence-corrected chi connectivity index (χ0v) is 10.7. The lowest BCUT2D eigenvalue weighted by Gasteiger charge is -2.34. The number of nitrogens with one attached hydrogen (secondary N) is 1. The van der Waals surface area contributed by atoms with Gasteiger partial charge in [0.05, 0.1) is 6.10 Å². The van der Waals surface area contributed by atoms with Crippen molar-refractivity contribution in [3.63, 3.8) is 0 Å². The summed E-state index contributed by atoms with van der Waals surface area (Å²) in [6, 6.07) is 0. The Morgan fingerprint density at radius 1 is 1.40 bits per heavy atom. The largest absolute Gasteiger partial charge is 0.392 e. The van der Waals surface area contributed by atoms with Crippen LogP contribution >= 0.6 is 0 Å². The standard InChI is InChI=1S/C13H27NO/c1-10-6-5-7-12(8-10)9-14-13(3,4)11(2)15/h10-12,14-15H,5-9H2,1-4H3. The Kier molecular flexibility index (Phi) is 4.60. The highest BCUT2D eigenvalue weighted by atomic mass is 16.3. The Hall–Kier alpha value is -0.0800. The van der Waals surface area contributed by atoms with Gasteiger partial charge < -0.3 is 10.4 Å². The third-order valence-corrected chi connectivity index (χ3v) is 3.94. The molecule has 1 fully saturated rings. The minimum absolute atomic E-state index is 0.152. The molecule has 1 aliphatic rings. The summed E-state index contributed by atoms with van der Waals surface area (Å²) in [5.74, 6) is 1.70. The molecule has 0 amide bonds. The van der Waals surface area contributed by atoms with Gasteiger partial charge in [-0.15, -0.1) is 0 Å². The Morgan fingerprint density at radius 2 is 2.07 bits per heavy atom. The minimum atomic E-state index is -0.293. The molecule has 0 spiro atoms. The first kappa shape index (κ1) is 13.0. The zero-order chi connectivity index (χ0) is 11.5. The van der Waals surface area contributed by atoms with Crippen LogP contribution in [0.15, 0.2) is 0 Å². The summed E-state index contributed by atoms with van der Waals surface area (Å²) >= 11 is 0. The van der Waals surface area contributed by atoms with Crippen molar-refractivity contribution in [3.8, 4) is 0 Å². The maximum Gasteiger partial charge on any atom is 0.0688 e. The van der Waals surface area contributed by atoms with Crippen molar-refractivity contribution in [3.05, 3.63) is 0 Å². The van der Waals surface area contributed by atoms with Crippen LogP contribution in [0.4, 0.5) is 0 Å². The van der Waals surface area contributed by atoms with Crippen LogP contribution in [0.5, 0.6) is 0 Å². The molecule has 3 atom stereocenters. The second-order valence-electron chi connectivity index (χ2n) is 5.92. The highest BCUT2D eigenvalue weighted by molar-refractivity contribution is 4.84. The molecule has 2 N–H and O–H groups in total. The average Bonchev–Trinajstić information content (AvgIpc) is 2.15. The van der Waals surface area contributed by atoms with E-state index in [4.69, 9.17) is 0 Å². The first-order valence-electron chi connectivity index (χ1n) is 6.35. The molecule has 2 nitrogen and oxygen atoms in total. The fourth-order valence-corrected chi connectivity index (χ4v) is 2.30. The van der Waals surface area contributed by atoms with Crippen molar-refractivity contribution in [2.45, 2.75) is 65.0 Å². The molecule has 0 heterocycles. The molecule has 0 aromatic rings. The van der Waals surface area contributed by atoms with Crippen molar-refractivity contribution in [2.24, 2.45) is 11.8 Å². The second-order valence-corrected chi connectivity index (χ2v) is 5.92. The highest BCUT2D eigenvalue weighted by Gasteiger charge is 2.26. The van der Waals surface area contributed by atoms with Crippen molar-refractivity contribution in [1.29, 1.82) is 0 Å². The summed E-state index contributed by atoms with van der Waals surface area (Å²) in [5.41, 5.74) is -0.152. The van der Waals surface area contributed by atoms with Crippen LogP contribution < -0.4 is 5.32 Å². The first-order valence-corrected chi connectivity index (χ1v) is 6.35. The van der Waals surface area contributed by atoms with E-state index in [1.807, 2.05) is 6.92 Å². The van der Waals surface area contributed by atoms with Gasteiger partial charge in [-0.05, 0) is 52.0 Å². The summed E-state index contributed by atoms with van der Waals surface area (Å²) in [6.45, 7) is 9.42. The molecular weight excluding hydrogens is 186 g/mol. The summed E-state index contributed by atoms with van der Waals surface area (Å²) in [7, 11) is 0. The molecule has 0 bridgehead atoms. The maximum absolute atomic E-state index is 9.60. The summed E-state index contributed by atoms with van der Waals surface area (Å²) in [4.78, 5) is 0. The van der Waals surface area contributed by atoms with E-state index in [1.54, 1.807) is 0 Å². The molecule has 0 radical (unpaired) electrons. The Morgan fingerprint density at radius 3 is 2.60 bits per heavy atom. The van der Waals surface area contributed by atoms with Crippen molar-refractivity contribution >= 4 is 0 Å². The molecule has 0 aromatic heterocycles. The maximum atomic E-state index is 9.60. The highest BCUT2D eigenvalue weighted by Crippen LogP contribution is 2.28. The lowest BCUT2D eigenvalue weighted by molar-refractivity contribution is 0.0904. The van der Waals surface area contributed by atoms with Gasteiger partial charge in [-0.25, -0.2) is 0 Å². The lowest BCUT2D eigenvalue weighted by Crippen LogP contribution is -2.50. The number of rotatable bonds is 4. The van der Waals surface area contributed by atoms with Crippen LogP contribution in [-0.2, 0) is 0 Å². The monoisotopic (exact) mass is 213 g/mol. The van der Waals surface area contributed by atoms with Crippen LogP contribution in [0.3, 0.4) is 0 Å². The Balaban J connectivity index is 2.30. The van der Waals surface area contributed by atoms with E-state index < -0.39 is 0 Å². The van der Waals surface area contributed by atoms with Crippen molar-refractivity contribution in [1.82, 2.24) is 5.32 Å². The molecule has 1 aliphatic carbocycles. The van der Waals surface area contributed by atoms with Gasteiger partial charge in [-0.1, -0.05) is 19.8 Å². The van der Waals surface area contributed by atoms with Crippen LogP contribution in [0.1, 0.15) is 53.4 Å². The fraction of sp³-hybridized carbons (Fsp3) is 1.00. The molecule has 0 aromatic carbocycles. The van der Waals surface area contributed by atoms with Crippen LogP contribution in [0, 0.1) is 11.8 Å². The average molecular weight is 213 g/mol.